The molecule has 1 rings (SSSR count). The molecular formula is C8H16N4O2. The van der Waals surface area contributed by atoms with Crippen LogP contribution in [0.5, 0.6) is 0 Å². The van der Waals surface area contributed by atoms with Gasteiger partial charge in [-0.2, -0.15) is 0 Å². The number of anilines is 2. The van der Waals surface area contributed by atoms with Crippen molar-refractivity contribution in [3.05, 3.63) is 0 Å². The van der Waals surface area contributed by atoms with E-state index >= 15 is 0 Å². The fourth-order valence-corrected chi connectivity index (χ4v) is 1.05. The fourth-order valence-electron chi connectivity index (χ4n) is 1.05. The minimum atomic E-state index is 0.0897. The van der Waals surface area contributed by atoms with Crippen molar-refractivity contribution in [1.29, 1.82) is 0 Å². The first-order valence-electron chi connectivity index (χ1n) is 4.64. The van der Waals surface area contributed by atoms with Crippen LogP contribution in [0.15, 0.2) is 4.42 Å². The summed E-state index contributed by atoms with van der Waals surface area (Å²) in [6.45, 7) is 1.62. The molecule has 0 aliphatic carbocycles. The van der Waals surface area contributed by atoms with Gasteiger partial charge in [-0.15, -0.1) is 0 Å². The molecule has 0 fully saturated rings. The largest absolute Gasteiger partial charge is 0.390 e. The molecule has 1 aromatic heterocycles. The van der Waals surface area contributed by atoms with E-state index in [1.807, 2.05) is 0 Å². The number of nitrogens with one attached hydrogen (secondary N) is 1. The zero-order chi connectivity index (χ0) is 10.2. The quantitative estimate of drug-likeness (QED) is 0.635. The van der Waals surface area contributed by atoms with Crippen LogP contribution < -0.4 is 11.1 Å². The average Bonchev–Trinajstić information content (AvgIpc) is 2.58. The Hall–Kier alpha value is -1.30. The molecular weight excluding hydrogens is 184 g/mol. The highest BCUT2D eigenvalue weighted by Crippen LogP contribution is 2.06. The van der Waals surface area contributed by atoms with Gasteiger partial charge in [0.25, 0.3) is 0 Å². The summed E-state index contributed by atoms with van der Waals surface area (Å²) in [6.07, 6.45) is 3.24. The van der Waals surface area contributed by atoms with Crippen molar-refractivity contribution in [2.75, 3.05) is 31.3 Å². The number of rotatable bonds is 7. The minimum Gasteiger partial charge on any atom is -0.390 e. The van der Waals surface area contributed by atoms with E-state index in [9.17, 15) is 0 Å². The number of nitrogens with two attached hydrogens (primary N) is 1. The zero-order valence-electron chi connectivity index (χ0n) is 8.32. The molecule has 0 aromatic carbocycles. The Kier molecular flexibility index (Phi) is 4.77. The molecule has 0 aliphatic rings. The lowest BCUT2D eigenvalue weighted by atomic mass is 10.2. The minimum absolute atomic E-state index is 0.0897. The van der Waals surface area contributed by atoms with E-state index in [1.54, 1.807) is 7.11 Å². The normalized spacial score (nSPS) is 10.4. The number of hydrogen-bond acceptors (Lipinski definition) is 6. The van der Waals surface area contributed by atoms with Crippen molar-refractivity contribution in [2.24, 2.45) is 0 Å². The van der Waals surface area contributed by atoms with Gasteiger partial charge in [0.2, 0.25) is 0 Å². The third kappa shape index (κ3) is 4.08. The lowest BCUT2D eigenvalue weighted by Crippen LogP contribution is -2.02. The molecule has 14 heavy (non-hydrogen) atoms. The average molecular weight is 200 g/mol. The van der Waals surface area contributed by atoms with Gasteiger partial charge >= 0.3 is 12.0 Å². The molecule has 0 saturated heterocycles. The van der Waals surface area contributed by atoms with Crippen LogP contribution in [-0.4, -0.2) is 30.5 Å². The number of methoxy groups -OCH3 is 1. The predicted octanol–water partition coefficient (Wildman–Crippen LogP) is 0.880. The number of nitrogen functional groups attached to an aromatic ring is 1. The number of aromatic nitrogens is 2. The van der Waals surface area contributed by atoms with E-state index in [-0.39, 0.29) is 6.01 Å². The third-order valence-corrected chi connectivity index (χ3v) is 1.74. The molecule has 6 nitrogen and oxygen atoms in total. The molecule has 6 heteroatoms. The molecule has 0 amide bonds. The summed E-state index contributed by atoms with van der Waals surface area (Å²) in [7, 11) is 1.71. The monoisotopic (exact) mass is 200 g/mol. The number of nitrogens with zero attached hydrogens (tertiary/aromatic N) is 2. The molecule has 80 valence electrons. The first-order chi connectivity index (χ1) is 6.83. The van der Waals surface area contributed by atoms with Gasteiger partial charge in [0, 0.05) is 20.3 Å². The van der Waals surface area contributed by atoms with E-state index < -0.39 is 0 Å². The Morgan fingerprint density at radius 1 is 1.36 bits per heavy atom. The molecule has 0 saturated carbocycles. The Morgan fingerprint density at radius 2 is 2.21 bits per heavy atom. The van der Waals surface area contributed by atoms with Crippen molar-refractivity contribution in [3.8, 4) is 0 Å². The van der Waals surface area contributed by atoms with Gasteiger partial charge in [-0.05, 0) is 19.3 Å². The second-order valence-electron chi connectivity index (χ2n) is 2.93. The highest BCUT2D eigenvalue weighted by molar-refractivity contribution is 5.21. The lowest BCUT2D eigenvalue weighted by molar-refractivity contribution is 0.192. The van der Waals surface area contributed by atoms with Gasteiger partial charge < -0.3 is 20.2 Å². The first kappa shape index (κ1) is 10.8. The number of ether oxygens (including phenoxy) is 1. The summed E-state index contributed by atoms with van der Waals surface area (Å²) in [5, 5.41) is 10.2. The zero-order valence-corrected chi connectivity index (χ0v) is 8.32. The van der Waals surface area contributed by atoms with E-state index in [1.165, 1.54) is 0 Å². The summed E-state index contributed by atoms with van der Waals surface area (Å²) in [4.78, 5) is 0. The van der Waals surface area contributed by atoms with Gasteiger partial charge in [-0.1, -0.05) is 10.2 Å². The van der Waals surface area contributed by atoms with Gasteiger partial charge in [-0.3, -0.25) is 0 Å². The Balaban J connectivity index is 1.99. The summed E-state index contributed by atoms with van der Waals surface area (Å²) >= 11 is 0. The van der Waals surface area contributed by atoms with Gasteiger partial charge in [-0.25, -0.2) is 0 Å². The fraction of sp³-hybridized carbons (Fsp3) is 0.750. The third-order valence-electron chi connectivity index (χ3n) is 1.74. The maximum absolute atomic E-state index is 5.25. The first-order valence-corrected chi connectivity index (χ1v) is 4.64. The predicted molar refractivity (Wildman–Crippen MR) is 52.9 cm³/mol. The molecule has 0 atom stereocenters. The molecule has 0 aliphatic heterocycles. The van der Waals surface area contributed by atoms with Crippen LogP contribution in [0.1, 0.15) is 19.3 Å². The van der Waals surface area contributed by atoms with E-state index in [4.69, 9.17) is 14.9 Å². The van der Waals surface area contributed by atoms with Crippen molar-refractivity contribution >= 4 is 12.0 Å². The van der Waals surface area contributed by atoms with Crippen LogP contribution in [0.2, 0.25) is 0 Å². The maximum Gasteiger partial charge on any atom is 0.316 e. The Bertz CT molecular complexity index is 251. The molecule has 0 unspecified atom stereocenters. The summed E-state index contributed by atoms with van der Waals surface area (Å²) in [5.74, 6) is 0. The molecule has 0 radical (unpaired) electrons. The van der Waals surface area contributed by atoms with Crippen LogP contribution in [0, 0.1) is 0 Å². The van der Waals surface area contributed by atoms with Gasteiger partial charge in [0.1, 0.15) is 0 Å². The molecule has 1 heterocycles. The van der Waals surface area contributed by atoms with Crippen LogP contribution in [-0.2, 0) is 4.74 Å². The van der Waals surface area contributed by atoms with E-state index in [2.05, 4.69) is 15.5 Å². The standard InChI is InChI=1S/C8H16N4O2/c1-13-6-4-2-3-5-10-8-12-11-7(9)14-8/h2-6H2,1H3,(H2,9,11)(H,10,12). The van der Waals surface area contributed by atoms with Crippen molar-refractivity contribution in [3.63, 3.8) is 0 Å². The van der Waals surface area contributed by atoms with Crippen LogP contribution in [0.4, 0.5) is 12.0 Å². The molecule has 0 bridgehead atoms. The highest BCUT2D eigenvalue weighted by atomic mass is 16.5. The van der Waals surface area contributed by atoms with Crippen molar-refractivity contribution in [2.45, 2.75) is 19.3 Å². The second-order valence-corrected chi connectivity index (χ2v) is 2.93. The van der Waals surface area contributed by atoms with E-state index in [0.717, 1.165) is 32.4 Å². The molecule has 3 N–H and O–H groups in total. The van der Waals surface area contributed by atoms with Crippen LogP contribution >= 0.6 is 0 Å². The molecule has 0 spiro atoms. The summed E-state index contributed by atoms with van der Waals surface area (Å²) in [6, 6.07) is 0.473. The molecule has 1 aromatic rings. The topological polar surface area (TPSA) is 86.2 Å². The number of hydrogen-bond donors (Lipinski definition) is 2. The smallest absolute Gasteiger partial charge is 0.316 e. The van der Waals surface area contributed by atoms with Crippen molar-refractivity contribution in [1.82, 2.24) is 10.2 Å². The Morgan fingerprint density at radius 3 is 2.86 bits per heavy atom. The van der Waals surface area contributed by atoms with Gasteiger partial charge in [0.05, 0.1) is 0 Å². The Labute approximate surface area is 82.8 Å². The lowest BCUT2D eigenvalue weighted by Gasteiger charge is -2.00. The highest BCUT2D eigenvalue weighted by Gasteiger charge is 1.99. The van der Waals surface area contributed by atoms with E-state index in [0.29, 0.717) is 6.01 Å². The SMILES string of the molecule is COCCCCCNc1nnc(N)o1. The maximum atomic E-state index is 5.25. The summed E-state index contributed by atoms with van der Waals surface area (Å²) in [5.41, 5.74) is 5.25. The van der Waals surface area contributed by atoms with Crippen molar-refractivity contribution < 1.29 is 9.15 Å². The van der Waals surface area contributed by atoms with Crippen LogP contribution in [0.3, 0.4) is 0 Å². The number of unbranched alkanes of at least 4 members (excludes halogenated alkanes) is 2. The van der Waals surface area contributed by atoms with Gasteiger partial charge in [0.15, 0.2) is 0 Å². The second kappa shape index (κ2) is 6.20. The van der Waals surface area contributed by atoms with Crippen LogP contribution in [0.25, 0.3) is 0 Å². The summed E-state index contributed by atoms with van der Waals surface area (Å²) < 4.78 is 9.86.